The van der Waals surface area contributed by atoms with Crippen molar-refractivity contribution in [1.29, 1.82) is 0 Å². The SMILES string of the molecule is C=CCB1CC2CC(CCl)CC(C1)C2. The van der Waals surface area contributed by atoms with Crippen molar-refractivity contribution in [2.45, 2.75) is 38.2 Å². The van der Waals surface area contributed by atoms with E-state index in [1.807, 2.05) is 0 Å². The average Bonchev–Trinajstić information content (AvgIpc) is 2.16. The van der Waals surface area contributed by atoms with E-state index in [2.05, 4.69) is 12.7 Å². The van der Waals surface area contributed by atoms with E-state index in [9.17, 15) is 0 Å². The minimum atomic E-state index is 0.824. The molecule has 1 saturated carbocycles. The third-order valence-electron chi connectivity index (χ3n) is 4.05. The fraction of sp³-hybridized carbons (Fsp3) is 0.833. The predicted molar refractivity (Wildman–Crippen MR) is 65.4 cm³/mol. The van der Waals surface area contributed by atoms with E-state index >= 15 is 0 Å². The third kappa shape index (κ3) is 2.36. The van der Waals surface area contributed by atoms with Crippen molar-refractivity contribution >= 4 is 18.3 Å². The van der Waals surface area contributed by atoms with Crippen molar-refractivity contribution < 1.29 is 0 Å². The van der Waals surface area contributed by atoms with Gasteiger partial charge < -0.3 is 0 Å². The molecule has 78 valence electrons. The second kappa shape index (κ2) is 4.74. The Morgan fingerprint density at radius 2 is 1.86 bits per heavy atom. The number of hydrogen-bond donors (Lipinski definition) is 0. The summed E-state index contributed by atoms with van der Waals surface area (Å²) in [5.74, 6) is 3.68. The molecule has 0 amide bonds. The third-order valence-corrected chi connectivity index (χ3v) is 4.49. The molecule has 1 heterocycles. The first-order valence-corrected chi connectivity index (χ1v) is 6.52. The summed E-state index contributed by atoms with van der Waals surface area (Å²) >= 11 is 5.97. The van der Waals surface area contributed by atoms with Gasteiger partial charge in [0.25, 0.3) is 0 Å². The minimum absolute atomic E-state index is 0.824. The molecule has 2 unspecified atom stereocenters. The smallest absolute Gasteiger partial charge is 0.126 e. The van der Waals surface area contributed by atoms with Crippen LogP contribution in [0.15, 0.2) is 12.7 Å². The average molecular weight is 211 g/mol. The van der Waals surface area contributed by atoms with Gasteiger partial charge in [-0.2, -0.15) is 0 Å². The van der Waals surface area contributed by atoms with Crippen LogP contribution in [-0.4, -0.2) is 12.6 Å². The Morgan fingerprint density at radius 3 is 2.36 bits per heavy atom. The molecule has 0 aromatic carbocycles. The fourth-order valence-electron chi connectivity index (χ4n) is 3.68. The van der Waals surface area contributed by atoms with Crippen molar-refractivity contribution in [1.82, 2.24) is 0 Å². The van der Waals surface area contributed by atoms with Crippen molar-refractivity contribution in [3.05, 3.63) is 12.7 Å². The van der Waals surface area contributed by atoms with Gasteiger partial charge in [0.15, 0.2) is 0 Å². The Balaban J connectivity index is 1.91. The van der Waals surface area contributed by atoms with Gasteiger partial charge in [0.1, 0.15) is 6.71 Å². The van der Waals surface area contributed by atoms with Crippen LogP contribution < -0.4 is 0 Å². The highest BCUT2D eigenvalue weighted by Crippen LogP contribution is 2.44. The molecule has 2 heteroatoms. The normalized spacial score (nSPS) is 36.9. The second-order valence-electron chi connectivity index (χ2n) is 5.32. The summed E-state index contributed by atoms with van der Waals surface area (Å²) in [6, 6.07) is 0. The van der Waals surface area contributed by atoms with E-state index in [0.717, 1.165) is 30.3 Å². The van der Waals surface area contributed by atoms with Gasteiger partial charge in [-0.3, -0.25) is 0 Å². The monoisotopic (exact) mass is 210 g/mol. The van der Waals surface area contributed by atoms with Gasteiger partial charge >= 0.3 is 0 Å². The van der Waals surface area contributed by atoms with Crippen molar-refractivity contribution in [3.8, 4) is 0 Å². The highest BCUT2D eigenvalue weighted by molar-refractivity contribution is 6.59. The van der Waals surface area contributed by atoms with E-state index in [1.165, 1.54) is 38.2 Å². The lowest BCUT2D eigenvalue weighted by molar-refractivity contribution is 0.220. The minimum Gasteiger partial charge on any atom is -0.126 e. The predicted octanol–water partition coefficient (Wildman–Crippen LogP) is 3.95. The molecule has 2 atom stereocenters. The standard InChI is InChI=1S/C12H20BCl/c1-2-3-13-7-10-4-11(8-13)6-12(5-10)9-14/h2,10-12H,1,3-9H2. The van der Waals surface area contributed by atoms with Crippen LogP contribution in [0.2, 0.25) is 19.0 Å². The molecule has 0 radical (unpaired) electrons. The number of allylic oxidation sites excluding steroid dienone is 1. The van der Waals surface area contributed by atoms with Gasteiger partial charge in [-0.25, -0.2) is 0 Å². The Labute approximate surface area is 93.2 Å². The number of fused-ring (bicyclic) bond motifs is 2. The summed E-state index contributed by atoms with van der Waals surface area (Å²) in [6.07, 6.45) is 10.5. The molecule has 0 nitrogen and oxygen atoms in total. The van der Waals surface area contributed by atoms with Crippen molar-refractivity contribution in [2.75, 3.05) is 5.88 Å². The molecular weight excluding hydrogens is 190 g/mol. The maximum Gasteiger partial charge on any atom is 0.144 e. The molecule has 1 saturated heterocycles. The lowest BCUT2D eigenvalue weighted by atomic mass is 9.34. The summed E-state index contributed by atoms with van der Waals surface area (Å²) in [5.41, 5.74) is 0. The Morgan fingerprint density at radius 1 is 1.21 bits per heavy atom. The fourth-order valence-corrected chi connectivity index (χ4v) is 3.93. The van der Waals surface area contributed by atoms with Crippen LogP contribution >= 0.6 is 11.6 Å². The molecule has 2 rings (SSSR count). The van der Waals surface area contributed by atoms with Gasteiger partial charge in [-0.05, 0) is 37.0 Å². The van der Waals surface area contributed by atoms with E-state index in [-0.39, 0.29) is 0 Å². The largest absolute Gasteiger partial charge is 0.144 e. The van der Waals surface area contributed by atoms with E-state index < -0.39 is 0 Å². The molecule has 2 bridgehead atoms. The van der Waals surface area contributed by atoms with Gasteiger partial charge in [-0.1, -0.05) is 25.0 Å². The molecular formula is C12H20BCl. The van der Waals surface area contributed by atoms with Crippen LogP contribution in [0.1, 0.15) is 19.3 Å². The highest BCUT2D eigenvalue weighted by atomic mass is 35.5. The molecule has 0 N–H and O–H groups in total. The van der Waals surface area contributed by atoms with Crippen LogP contribution in [0.25, 0.3) is 0 Å². The molecule has 0 spiro atoms. The quantitative estimate of drug-likeness (QED) is 0.376. The highest BCUT2D eigenvalue weighted by Gasteiger charge is 2.36. The van der Waals surface area contributed by atoms with E-state index in [0.29, 0.717) is 0 Å². The second-order valence-corrected chi connectivity index (χ2v) is 5.63. The molecule has 0 aromatic rings. The van der Waals surface area contributed by atoms with Gasteiger partial charge in [0, 0.05) is 5.88 Å². The Hall–Kier alpha value is 0.0949. The van der Waals surface area contributed by atoms with Crippen LogP contribution in [-0.2, 0) is 0 Å². The zero-order chi connectivity index (χ0) is 9.97. The Kier molecular flexibility index (Phi) is 3.59. The van der Waals surface area contributed by atoms with Crippen LogP contribution in [0, 0.1) is 17.8 Å². The van der Waals surface area contributed by atoms with Gasteiger partial charge in [-0.15, -0.1) is 18.2 Å². The summed E-state index contributed by atoms with van der Waals surface area (Å²) in [6.45, 7) is 4.80. The number of halogens is 1. The molecule has 2 fully saturated rings. The first-order chi connectivity index (χ1) is 6.81. The molecule has 0 aromatic heterocycles. The lowest BCUT2D eigenvalue weighted by Crippen LogP contribution is -2.35. The summed E-state index contributed by atoms with van der Waals surface area (Å²) in [4.78, 5) is 0. The van der Waals surface area contributed by atoms with Crippen LogP contribution in [0.5, 0.6) is 0 Å². The topological polar surface area (TPSA) is 0 Å². The summed E-state index contributed by atoms with van der Waals surface area (Å²) in [5, 5.41) is 0. The Bertz CT molecular complexity index is 190. The first kappa shape index (κ1) is 10.6. The molecule has 1 aliphatic carbocycles. The van der Waals surface area contributed by atoms with Crippen molar-refractivity contribution in [2.24, 2.45) is 17.8 Å². The van der Waals surface area contributed by atoms with Crippen molar-refractivity contribution in [3.63, 3.8) is 0 Å². The maximum atomic E-state index is 5.97. The van der Waals surface area contributed by atoms with E-state index in [1.54, 1.807) is 0 Å². The zero-order valence-corrected chi connectivity index (χ0v) is 9.68. The first-order valence-electron chi connectivity index (χ1n) is 5.98. The summed E-state index contributed by atoms with van der Waals surface area (Å²) < 4.78 is 0. The lowest BCUT2D eigenvalue weighted by Gasteiger charge is -2.41. The number of hydrogen-bond acceptors (Lipinski definition) is 0. The zero-order valence-electron chi connectivity index (χ0n) is 8.92. The number of rotatable bonds is 3. The van der Waals surface area contributed by atoms with E-state index in [4.69, 9.17) is 11.6 Å². The van der Waals surface area contributed by atoms with Gasteiger partial charge in [0.2, 0.25) is 0 Å². The van der Waals surface area contributed by atoms with Gasteiger partial charge in [0.05, 0.1) is 0 Å². The summed E-state index contributed by atoms with van der Waals surface area (Å²) in [7, 11) is 0. The molecule has 14 heavy (non-hydrogen) atoms. The van der Waals surface area contributed by atoms with Crippen LogP contribution in [0.4, 0.5) is 0 Å². The maximum absolute atomic E-state index is 5.97. The number of alkyl halides is 1. The molecule has 2 aliphatic rings. The molecule has 1 aliphatic heterocycles. The van der Waals surface area contributed by atoms with Crippen LogP contribution in [0.3, 0.4) is 0 Å².